The molecule has 0 bridgehead atoms. The van der Waals surface area contributed by atoms with Crippen molar-refractivity contribution in [3.8, 4) is 0 Å². The fourth-order valence-corrected chi connectivity index (χ4v) is 2.22. The fourth-order valence-electron chi connectivity index (χ4n) is 1.84. The molecule has 0 saturated heterocycles. The second kappa shape index (κ2) is 6.65. The number of alkyl halides is 1. The summed E-state index contributed by atoms with van der Waals surface area (Å²) in [4.78, 5) is 24.4. The molecule has 0 aromatic heterocycles. The highest BCUT2D eigenvalue weighted by Crippen LogP contribution is 2.19. The second-order valence-electron chi connectivity index (χ2n) is 4.60. The molecule has 0 unspecified atom stereocenters. The predicted octanol–water partition coefficient (Wildman–Crippen LogP) is 3.15. The third kappa shape index (κ3) is 4.02. The van der Waals surface area contributed by atoms with Crippen LogP contribution in [-0.2, 0) is 0 Å². The summed E-state index contributed by atoms with van der Waals surface area (Å²) >= 11 is 3.31. The molecule has 19 heavy (non-hydrogen) atoms. The Morgan fingerprint density at radius 1 is 1.42 bits per heavy atom. The largest absolute Gasteiger partial charge is 0.335 e. The topological polar surface area (TPSA) is 63.5 Å². The SMILES string of the molecule is Cc1cc(C(=O)N(CCBr)C(C)C)cc([N+](=O)[O-])c1. The van der Waals surface area contributed by atoms with E-state index in [-0.39, 0.29) is 17.6 Å². The number of carbonyl (C=O) groups excluding carboxylic acids is 1. The van der Waals surface area contributed by atoms with E-state index in [9.17, 15) is 14.9 Å². The highest BCUT2D eigenvalue weighted by molar-refractivity contribution is 9.09. The number of halogens is 1. The summed E-state index contributed by atoms with van der Waals surface area (Å²) < 4.78 is 0. The average Bonchev–Trinajstić information content (AvgIpc) is 2.33. The molecule has 1 aromatic rings. The number of non-ortho nitro benzene ring substituents is 1. The van der Waals surface area contributed by atoms with Crippen LogP contribution in [0.15, 0.2) is 18.2 Å². The average molecular weight is 329 g/mol. The molecule has 0 spiro atoms. The Kier molecular flexibility index (Phi) is 5.47. The van der Waals surface area contributed by atoms with Gasteiger partial charge in [-0.2, -0.15) is 0 Å². The highest BCUT2D eigenvalue weighted by atomic mass is 79.9. The Bertz CT molecular complexity index is 489. The van der Waals surface area contributed by atoms with Gasteiger partial charge in [0.1, 0.15) is 0 Å². The zero-order chi connectivity index (χ0) is 14.6. The lowest BCUT2D eigenvalue weighted by molar-refractivity contribution is -0.384. The molecular weight excluding hydrogens is 312 g/mol. The second-order valence-corrected chi connectivity index (χ2v) is 5.39. The van der Waals surface area contributed by atoms with Crippen LogP contribution in [0.25, 0.3) is 0 Å². The van der Waals surface area contributed by atoms with Crippen molar-refractivity contribution < 1.29 is 9.72 Å². The Labute approximate surface area is 120 Å². The van der Waals surface area contributed by atoms with E-state index >= 15 is 0 Å². The number of hydrogen-bond donors (Lipinski definition) is 0. The van der Waals surface area contributed by atoms with Crippen LogP contribution < -0.4 is 0 Å². The third-order valence-electron chi connectivity index (χ3n) is 2.73. The van der Waals surface area contributed by atoms with Crippen molar-refractivity contribution in [3.05, 3.63) is 39.4 Å². The van der Waals surface area contributed by atoms with Crippen molar-refractivity contribution in [2.45, 2.75) is 26.8 Å². The monoisotopic (exact) mass is 328 g/mol. The van der Waals surface area contributed by atoms with Crippen molar-refractivity contribution >= 4 is 27.5 Å². The number of hydrogen-bond acceptors (Lipinski definition) is 3. The van der Waals surface area contributed by atoms with Crippen molar-refractivity contribution in [3.63, 3.8) is 0 Å². The van der Waals surface area contributed by atoms with Crippen LogP contribution in [0.4, 0.5) is 5.69 Å². The van der Waals surface area contributed by atoms with Gasteiger partial charge in [0.25, 0.3) is 11.6 Å². The molecule has 0 saturated carbocycles. The number of nitro groups is 1. The molecule has 0 aliphatic rings. The Morgan fingerprint density at radius 3 is 2.53 bits per heavy atom. The quantitative estimate of drug-likeness (QED) is 0.474. The molecular formula is C13H17BrN2O3. The molecule has 0 aliphatic carbocycles. The van der Waals surface area contributed by atoms with Crippen LogP contribution in [0.3, 0.4) is 0 Å². The van der Waals surface area contributed by atoms with Crippen molar-refractivity contribution in [2.24, 2.45) is 0 Å². The van der Waals surface area contributed by atoms with Gasteiger partial charge in [-0.1, -0.05) is 15.9 Å². The van der Waals surface area contributed by atoms with E-state index in [4.69, 9.17) is 0 Å². The van der Waals surface area contributed by atoms with E-state index in [1.165, 1.54) is 12.1 Å². The number of rotatable bonds is 5. The minimum absolute atomic E-state index is 0.0459. The molecule has 0 heterocycles. The molecule has 0 N–H and O–H groups in total. The van der Waals surface area contributed by atoms with E-state index < -0.39 is 4.92 Å². The molecule has 1 aromatic carbocycles. The maximum atomic E-state index is 12.4. The van der Waals surface area contributed by atoms with Gasteiger partial charge in [0.05, 0.1) is 4.92 Å². The Hall–Kier alpha value is -1.43. The number of amides is 1. The van der Waals surface area contributed by atoms with Crippen molar-refractivity contribution in [2.75, 3.05) is 11.9 Å². The highest BCUT2D eigenvalue weighted by Gasteiger charge is 2.20. The number of nitro benzene ring substituents is 1. The first kappa shape index (κ1) is 15.6. The zero-order valence-corrected chi connectivity index (χ0v) is 12.8. The van der Waals surface area contributed by atoms with Crippen molar-refractivity contribution in [1.82, 2.24) is 4.90 Å². The summed E-state index contributed by atoms with van der Waals surface area (Å²) in [5.41, 5.74) is 1.02. The molecule has 0 atom stereocenters. The molecule has 0 aliphatic heterocycles. The van der Waals surface area contributed by atoms with Gasteiger partial charge >= 0.3 is 0 Å². The van der Waals surface area contributed by atoms with Gasteiger partial charge in [-0.15, -0.1) is 0 Å². The van der Waals surface area contributed by atoms with Gasteiger partial charge < -0.3 is 4.90 Å². The van der Waals surface area contributed by atoms with E-state index in [1.54, 1.807) is 17.9 Å². The molecule has 1 amide bonds. The minimum atomic E-state index is -0.478. The van der Waals surface area contributed by atoms with Crippen LogP contribution in [0, 0.1) is 17.0 Å². The third-order valence-corrected chi connectivity index (χ3v) is 3.08. The van der Waals surface area contributed by atoms with Gasteiger partial charge in [-0.25, -0.2) is 0 Å². The lowest BCUT2D eigenvalue weighted by Crippen LogP contribution is -2.38. The van der Waals surface area contributed by atoms with Crippen LogP contribution >= 0.6 is 15.9 Å². The lowest BCUT2D eigenvalue weighted by Gasteiger charge is -2.26. The number of benzene rings is 1. The molecule has 0 radical (unpaired) electrons. The van der Waals surface area contributed by atoms with E-state index in [0.717, 1.165) is 0 Å². The van der Waals surface area contributed by atoms with Crippen LogP contribution in [0.5, 0.6) is 0 Å². The standard InChI is InChI=1S/C13H17BrN2O3/c1-9(2)15(5-4-14)13(17)11-6-10(3)7-12(8-11)16(18)19/h6-9H,4-5H2,1-3H3. The summed E-state index contributed by atoms with van der Waals surface area (Å²) in [5, 5.41) is 11.5. The smallest absolute Gasteiger partial charge is 0.270 e. The predicted molar refractivity (Wildman–Crippen MR) is 77.8 cm³/mol. The van der Waals surface area contributed by atoms with Crippen LogP contribution in [0.2, 0.25) is 0 Å². The fraction of sp³-hybridized carbons (Fsp3) is 0.462. The Morgan fingerprint density at radius 2 is 2.05 bits per heavy atom. The van der Waals surface area contributed by atoms with Gasteiger partial charge in [0, 0.05) is 35.6 Å². The summed E-state index contributed by atoms with van der Waals surface area (Å²) in [5.74, 6) is -0.179. The van der Waals surface area contributed by atoms with Gasteiger partial charge in [-0.05, 0) is 32.4 Å². The first-order chi connectivity index (χ1) is 8.86. The number of nitrogens with zero attached hydrogens (tertiary/aromatic N) is 2. The summed E-state index contributed by atoms with van der Waals surface area (Å²) in [6.45, 7) is 6.15. The zero-order valence-electron chi connectivity index (χ0n) is 11.2. The molecule has 0 fully saturated rings. The van der Waals surface area contributed by atoms with Gasteiger partial charge in [0.15, 0.2) is 0 Å². The van der Waals surface area contributed by atoms with Crippen molar-refractivity contribution in [1.29, 1.82) is 0 Å². The van der Waals surface area contributed by atoms with Gasteiger partial charge in [0.2, 0.25) is 0 Å². The van der Waals surface area contributed by atoms with Gasteiger partial charge in [-0.3, -0.25) is 14.9 Å². The van der Waals surface area contributed by atoms with Crippen LogP contribution in [-0.4, -0.2) is 33.6 Å². The normalized spacial score (nSPS) is 10.6. The maximum Gasteiger partial charge on any atom is 0.270 e. The number of carbonyl (C=O) groups is 1. The molecule has 1 rings (SSSR count). The maximum absolute atomic E-state index is 12.4. The Balaban J connectivity index is 3.13. The van der Waals surface area contributed by atoms with E-state index in [1.807, 2.05) is 13.8 Å². The van der Waals surface area contributed by atoms with E-state index in [2.05, 4.69) is 15.9 Å². The summed E-state index contributed by atoms with van der Waals surface area (Å²) in [6, 6.07) is 4.52. The molecule has 5 nitrogen and oxygen atoms in total. The summed E-state index contributed by atoms with van der Waals surface area (Å²) in [6.07, 6.45) is 0. The first-order valence-electron chi connectivity index (χ1n) is 5.99. The minimum Gasteiger partial charge on any atom is -0.335 e. The number of aryl methyl sites for hydroxylation is 1. The van der Waals surface area contributed by atoms with Crippen LogP contribution in [0.1, 0.15) is 29.8 Å². The van der Waals surface area contributed by atoms with E-state index in [0.29, 0.717) is 23.0 Å². The first-order valence-corrected chi connectivity index (χ1v) is 7.12. The lowest BCUT2D eigenvalue weighted by atomic mass is 10.1. The molecule has 104 valence electrons. The summed E-state index contributed by atoms with van der Waals surface area (Å²) in [7, 11) is 0. The molecule has 6 heteroatoms.